The molecule has 1 aliphatic rings. The number of oxazole rings is 1. The van der Waals surface area contributed by atoms with Crippen LogP contribution in [0.1, 0.15) is 54.7 Å². The number of nitrogens with one attached hydrogen (secondary N) is 1. The number of fused-ring (bicyclic) bond motifs is 1. The third-order valence-corrected chi connectivity index (χ3v) is 5.98. The summed E-state index contributed by atoms with van der Waals surface area (Å²) in [7, 11) is 1.32. The Labute approximate surface area is 204 Å². The molecule has 2 atom stereocenters. The van der Waals surface area contributed by atoms with E-state index in [4.69, 9.17) is 14.9 Å². The molecule has 0 radical (unpaired) electrons. The highest BCUT2D eigenvalue weighted by atomic mass is 19.4. The fourth-order valence-corrected chi connectivity index (χ4v) is 4.16. The number of amides is 2. The molecule has 4 rings (SSSR count). The number of halogens is 3. The Kier molecular flexibility index (Phi) is 6.90. The predicted octanol–water partition coefficient (Wildman–Crippen LogP) is 3.68. The maximum absolute atomic E-state index is 13.2. The van der Waals surface area contributed by atoms with Crippen molar-refractivity contribution in [2.45, 2.75) is 44.9 Å². The molecule has 3 aromatic rings. The first-order valence-electron chi connectivity index (χ1n) is 11.4. The molecule has 12 heteroatoms. The number of carbonyl (C=O) groups is 2. The molecular weight excluding hydrogens is 479 g/mol. The molecule has 1 aromatic carbocycles. The number of aromatic nitrogens is 2. The zero-order valence-electron chi connectivity index (χ0n) is 20.0. The van der Waals surface area contributed by atoms with E-state index < -0.39 is 29.9 Å². The highest BCUT2D eigenvalue weighted by Crippen LogP contribution is 2.37. The fourth-order valence-electron chi connectivity index (χ4n) is 4.16. The summed E-state index contributed by atoms with van der Waals surface area (Å²) in [6.07, 6.45) is -2.80. The van der Waals surface area contributed by atoms with Gasteiger partial charge in [0.2, 0.25) is 11.8 Å². The van der Waals surface area contributed by atoms with Crippen molar-refractivity contribution in [2.75, 3.05) is 20.2 Å². The number of rotatable bonds is 6. The van der Waals surface area contributed by atoms with Crippen LogP contribution < -0.4 is 15.8 Å². The average Bonchev–Trinajstić information content (AvgIpc) is 3.52. The molecular formula is C24H26F3N5O4. The molecule has 0 spiro atoms. The summed E-state index contributed by atoms with van der Waals surface area (Å²) in [4.78, 5) is 35.4. The third kappa shape index (κ3) is 4.85. The molecule has 36 heavy (non-hydrogen) atoms. The molecule has 2 aromatic heterocycles. The summed E-state index contributed by atoms with van der Waals surface area (Å²) in [6.45, 7) is 4.48. The van der Waals surface area contributed by atoms with E-state index in [2.05, 4.69) is 15.3 Å². The number of hydrogen-bond donors (Lipinski definition) is 2. The van der Waals surface area contributed by atoms with E-state index in [-0.39, 0.29) is 39.9 Å². The van der Waals surface area contributed by atoms with E-state index in [1.165, 1.54) is 19.2 Å². The Morgan fingerprint density at radius 1 is 1.14 bits per heavy atom. The summed E-state index contributed by atoms with van der Waals surface area (Å²) in [5.41, 5.74) is 5.09. The maximum atomic E-state index is 13.2. The van der Waals surface area contributed by atoms with Crippen LogP contribution in [0.2, 0.25) is 0 Å². The standard InChI is InChI=1S/C24H26F3N5O4/c1-12(28)20-19(21(33)29-13(2)23(34)32-10-4-5-11-32)31-22(36-20)15-6-8-16(35-3)18-14(15)7-9-17(30-18)24(25,26)27/h6-9,12-13H,4-5,10-11,28H2,1-3H3,(H,29,33)/t12-,13-/m1/s1. The molecule has 3 N–H and O–H groups in total. The number of nitrogens with zero attached hydrogens (tertiary/aromatic N) is 3. The van der Waals surface area contributed by atoms with Gasteiger partial charge in [-0.3, -0.25) is 9.59 Å². The van der Waals surface area contributed by atoms with Crippen LogP contribution in [-0.2, 0) is 11.0 Å². The second kappa shape index (κ2) is 9.76. The van der Waals surface area contributed by atoms with Crippen LogP contribution in [0, 0.1) is 0 Å². The Morgan fingerprint density at radius 2 is 1.83 bits per heavy atom. The number of carbonyl (C=O) groups excluding carboxylic acids is 2. The minimum Gasteiger partial charge on any atom is -0.494 e. The molecule has 9 nitrogen and oxygen atoms in total. The van der Waals surface area contributed by atoms with Crippen molar-refractivity contribution in [3.8, 4) is 17.2 Å². The molecule has 0 aliphatic carbocycles. The summed E-state index contributed by atoms with van der Waals surface area (Å²) < 4.78 is 50.8. The summed E-state index contributed by atoms with van der Waals surface area (Å²) in [5, 5.41) is 2.93. The number of methoxy groups -OCH3 is 1. The zero-order chi connectivity index (χ0) is 26.2. The molecule has 192 valence electrons. The van der Waals surface area contributed by atoms with Gasteiger partial charge in [0, 0.05) is 24.0 Å². The lowest BCUT2D eigenvalue weighted by atomic mass is 10.1. The Balaban J connectivity index is 1.72. The minimum atomic E-state index is -4.64. The summed E-state index contributed by atoms with van der Waals surface area (Å²) in [5.74, 6) is -0.661. The SMILES string of the molecule is COc1ccc(-c2nc(C(=O)N[C@H](C)C(=O)N3CCCC3)c([C@@H](C)N)o2)c2ccc(C(F)(F)F)nc12. The first kappa shape index (κ1) is 25.4. The van der Waals surface area contributed by atoms with E-state index in [0.29, 0.717) is 18.7 Å². The van der Waals surface area contributed by atoms with E-state index in [0.717, 1.165) is 18.9 Å². The molecule has 1 saturated heterocycles. The van der Waals surface area contributed by atoms with Crippen LogP contribution in [0.5, 0.6) is 5.75 Å². The van der Waals surface area contributed by atoms with Crippen LogP contribution >= 0.6 is 0 Å². The van der Waals surface area contributed by atoms with Gasteiger partial charge in [-0.1, -0.05) is 0 Å². The maximum Gasteiger partial charge on any atom is 0.433 e. The van der Waals surface area contributed by atoms with E-state index in [1.807, 2.05) is 0 Å². The number of benzene rings is 1. The normalized spacial score (nSPS) is 15.7. The zero-order valence-corrected chi connectivity index (χ0v) is 20.0. The predicted molar refractivity (Wildman–Crippen MR) is 124 cm³/mol. The Morgan fingerprint density at radius 3 is 2.44 bits per heavy atom. The second-order valence-corrected chi connectivity index (χ2v) is 8.65. The lowest BCUT2D eigenvalue weighted by molar-refractivity contribution is -0.141. The molecule has 0 unspecified atom stereocenters. The molecule has 1 aliphatic heterocycles. The molecule has 1 fully saturated rings. The summed E-state index contributed by atoms with van der Waals surface area (Å²) >= 11 is 0. The van der Waals surface area contributed by atoms with Crippen LogP contribution in [-0.4, -0.2) is 52.9 Å². The monoisotopic (exact) mass is 505 g/mol. The van der Waals surface area contributed by atoms with Gasteiger partial charge >= 0.3 is 6.18 Å². The van der Waals surface area contributed by atoms with Gasteiger partial charge in [0.15, 0.2) is 11.5 Å². The van der Waals surface area contributed by atoms with Crippen molar-refractivity contribution >= 4 is 22.7 Å². The van der Waals surface area contributed by atoms with Gasteiger partial charge < -0.3 is 25.1 Å². The number of hydrogen-bond acceptors (Lipinski definition) is 7. The van der Waals surface area contributed by atoms with Gasteiger partial charge in [-0.25, -0.2) is 9.97 Å². The van der Waals surface area contributed by atoms with Crippen LogP contribution in [0.25, 0.3) is 22.4 Å². The van der Waals surface area contributed by atoms with Crippen LogP contribution in [0.15, 0.2) is 28.7 Å². The van der Waals surface area contributed by atoms with Gasteiger partial charge in [-0.05, 0) is 51.0 Å². The van der Waals surface area contributed by atoms with Gasteiger partial charge in [0.05, 0.1) is 13.2 Å². The number of pyridine rings is 1. The van der Waals surface area contributed by atoms with E-state index in [1.54, 1.807) is 24.8 Å². The van der Waals surface area contributed by atoms with E-state index in [9.17, 15) is 22.8 Å². The Hall–Kier alpha value is -3.67. The number of alkyl halides is 3. The lowest BCUT2D eigenvalue weighted by Crippen LogP contribution is -2.46. The van der Waals surface area contributed by atoms with Crippen molar-refractivity contribution in [2.24, 2.45) is 5.73 Å². The quantitative estimate of drug-likeness (QED) is 0.524. The number of likely N-dealkylation sites (tertiary alicyclic amines) is 1. The third-order valence-electron chi connectivity index (χ3n) is 5.98. The van der Waals surface area contributed by atoms with E-state index >= 15 is 0 Å². The summed E-state index contributed by atoms with van der Waals surface area (Å²) in [6, 6.07) is 3.57. The molecule has 0 saturated carbocycles. The minimum absolute atomic E-state index is 0.0276. The average molecular weight is 505 g/mol. The fraction of sp³-hybridized carbons (Fsp3) is 0.417. The van der Waals surface area contributed by atoms with Crippen LogP contribution in [0.4, 0.5) is 13.2 Å². The van der Waals surface area contributed by atoms with Gasteiger partial charge in [0.1, 0.15) is 23.0 Å². The molecule has 3 heterocycles. The van der Waals surface area contributed by atoms with Crippen molar-refractivity contribution in [1.82, 2.24) is 20.2 Å². The molecule has 0 bridgehead atoms. The van der Waals surface area contributed by atoms with Crippen LogP contribution in [0.3, 0.4) is 0 Å². The smallest absolute Gasteiger partial charge is 0.433 e. The lowest BCUT2D eigenvalue weighted by Gasteiger charge is -2.20. The van der Waals surface area contributed by atoms with Gasteiger partial charge in [-0.15, -0.1) is 0 Å². The first-order chi connectivity index (χ1) is 17.0. The Bertz CT molecular complexity index is 1300. The first-order valence-corrected chi connectivity index (χ1v) is 11.4. The highest BCUT2D eigenvalue weighted by molar-refractivity contribution is 5.99. The largest absolute Gasteiger partial charge is 0.494 e. The second-order valence-electron chi connectivity index (χ2n) is 8.65. The topological polar surface area (TPSA) is 124 Å². The van der Waals surface area contributed by atoms with Crippen molar-refractivity contribution in [3.05, 3.63) is 41.4 Å². The highest BCUT2D eigenvalue weighted by Gasteiger charge is 2.33. The number of ether oxygens (including phenoxy) is 1. The van der Waals surface area contributed by atoms with Gasteiger partial charge in [-0.2, -0.15) is 13.2 Å². The molecule has 2 amide bonds. The van der Waals surface area contributed by atoms with Gasteiger partial charge in [0.25, 0.3) is 5.91 Å². The van der Waals surface area contributed by atoms with Crippen molar-refractivity contribution in [3.63, 3.8) is 0 Å². The van der Waals surface area contributed by atoms with Crippen molar-refractivity contribution in [1.29, 1.82) is 0 Å². The van der Waals surface area contributed by atoms with Crippen molar-refractivity contribution < 1.29 is 31.9 Å². The number of nitrogens with two attached hydrogens (primary N) is 1.